The van der Waals surface area contributed by atoms with E-state index in [4.69, 9.17) is 20.4 Å². The quantitative estimate of drug-likeness (QED) is 0.107. The van der Waals surface area contributed by atoms with Gasteiger partial charge in [0.1, 0.15) is 10.1 Å². The molecule has 0 saturated heterocycles. The second kappa shape index (κ2) is 15.6. The molecule has 270 valence electrons. The van der Waals surface area contributed by atoms with E-state index in [-0.39, 0.29) is 0 Å². The van der Waals surface area contributed by atoms with Crippen molar-refractivity contribution in [3.63, 3.8) is 0 Å². The van der Waals surface area contributed by atoms with E-state index >= 15 is 0 Å². The van der Waals surface area contributed by atoms with Gasteiger partial charge in [-0.1, -0.05) is 97.8 Å². The number of hydrogen-bond acceptors (Lipinski definition) is 10. The molecule has 0 N–H and O–H groups in total. The van der Waals surface area contributed by atoms with Crippen molar-refractivity contribution >= 4 is 21.6 Å². The molecule has 0 aliphatic rings. The molecule has 0 amide bonds. The largest absolute Gasteiger partial charge is 0.226 e. The number of aryl methyl sites for hydroxylation is 4. The minimum atomic E-state index is 0.492. The van der Waals surface area contributed by atoms with Crippen LogP contribution in [0.1, 0.15) is 47.2 Å². The Hall–Kier alpha value is -5.86. The van der Waals surface area contributed by atoms with E-state index in [0.717, 1.165) is 56.5 Å². The van der Waals surface area contributed by atoms with Gasteiger partial charge in [-0.05, 0) is 105 Å². The summed E-state index contributed by atoms with van der Waals surface area (Å²) in [5.41, 5.74) is 10.5. The molecule has 54 heavy (non-hydrogen) atoms. The Morgan fingerprint density at radius 3 is 1.33 bits per heavy atom. The lowest BCUT2D eigenvalue weighted by Gasteiger charge is -2.11. The molecule has 0 aliphatic carbocycles. The van der Waals surface area contributed by atoms with Crippen molar-refractivity contribution < 1.29 is 0 Å². The van der Waals surface area contributed by atoms with Gasteiger partial charge in [-0.25, -0.2) is 9.36 Å². The third-order valence-electron chi connectivity index (χ3n) is 9.03. The highest BCUT2D eigenvalue weighted by molar-refractivity contribution is 8.76. The monoisotopic (exact) mass is 750 g/mol. The van der Waals surface area contributed by atoms with Gasteiger partial charge in [0.25, 0.3) is 0 Å². The summed E-state index contributed by atoms with van der Waals surface area (Å²) in [6.45, 7) is 9.47. The zero-order valence-corrected chi connectivity index (χ0v) is 32.0. The molecule has 0 fully saturated rings. The standard InChI is InChI=1S/C40H38N12S2/c1-5-29-13-17-33(18-14-29)51-39(35(23-41-51)37-43-47-49(45-37)25-31-11-7-9-27(3)21-31)53-54-40-36(24-42-52(40)34-19-15-30(6-2)16-20-34)38-44-48-50(46-38)26-32-12-8-10-28(4)22-32/h7-24H,5-6,25-26H2,1-4H3. The maximum absolute atomic E-state index is 4.86. The third kappa shape index (κ3) is 7.61. The van der Waals surface area contributed by atoms with E-state index in [1.807, 2.05) is 33.9 Å². The summed E-state index contributed by atoms with van der Waals surface area (Å²) >= 11 is 0. The first-order valence-electron chi connectivity index (χ1n) is 17.8. The zero-order chi connectivity index (χ0) is 37.0. The topological polar surface area (TPSA) is 123 Å². The molecule has 0 aliphatic heterocycles. The summed E-state index contributed by atoms with van der Waals surface area (Å²) in [4.78, 5) is 3.25. The van der Waals surface area contributed by atoms with E-state index in [1.54, 1.807) is 31.2 Å². The van der Waals surface area contributed by atoms with Gasteiger partial charge in [0, 0.05) is 0 Å². The fraction of sp³-hybridized carbons (Fsp3) is 0.200. The molecule has 12 nitrogen and oxygen atoms in total. The number of nitrogens with zero attached hydrogens (tertiary/aromatic N) is 12. The summed E-state index contributed by atoms with van der Waals surface area (Å²) in [7, 11) is 3.09. The van der Waals surface area contributed by atoms with E-state index in [9.17, 15) is 0 Å². The van der Waals surface area contributed by atoms with Crippen LogP contribution in [0.2, 0.25) is 0 Å². The predicted octanol–water partition coefficient (Wildman–Crippen LogP) is 8.00. The molecular weight excluding hydrogens is 713 g/mol. The molecule has 0 unspecified atom stereocenters. The molecule has 14 heteroatoms. The highest BCUT2D eigenvalue weighted by Crippen LogP contribution is 2.45. The highest BCUT2D eigenvalue weighted by atomic mass is 33.1. The fourth-order valence-electron chi connectivity index (χ4n) is 6.12. The SMILES string of the molecule is CCc1ccc(-n2ncc(-c3nnn(Cc4cccc(C)c4)n3)c2SSc2c(-c3nnn(Cc4cccc(C)c4)n3)cnn2-c2ccc(CC)cc2)cc1. The summed E-state index contributed by atoms with van der Waals surface area (Å²) in [5, 5.41) is 38.8. The minimum Gasteiger partial charge on any atom is -0.226 e. The molecular formula is C40H38N12S2. The van der Waals surface area contributed by atoms with Crippen LogP contribution >= 0.6 is 21.6 Å². The maximum atomic E-state index is 4.86. The highest BCUT2D eigenvalue weighted by Gasteiger charge is 2.24. The first-order valence-corrected chi connectivity index (χ1v) is 20.0. The number of tetrazole rings is 2. The van der Waals surface area contributed by atoms with Gasteiger partial charge < -0.3 is 0 Å². The summed E-state index contributed by atoms with van der Waals surface area (Å²) in [6.07, 6.45) is 5.52. The van der Waals surface area contributed by atoms with Crippen LogP contribution < -0.4 is 0 Å². The van der Waals surface area contributed by atoms with Crippen LogP contribution in [0.3, 0.4) is 0 Å². The van der Waals surface area contributed by atoms with Crippen molar-refractivity contribution in [3.8, 4) is 34.2 Å². The van der Waals surface area contributed by atoms with Gasteiger partial charge in [-0.2, -0.15) is 19.8 Å². The normalized spacial score (nSPS) is 11.4. The fourth-order valence-corrected chi connectivity index (χ4v) is 8.63. The van der Waals surface area contributed by atoms with E-state index < -0.39 is 0 Å². The lowest BCUT2D eigenvalue weighted by molar-refractivity contribution is 0.572. The van der Waals surface area contributed by atoms with Crippen LogP contribution in [0.5, 0.6) is 0 Å². The van der Waals surface area contributed by atoms with E-state index in [1.165, 1.54) is 22.3 Å². The molecule has 4 aromatic carbocycles. The minimum absolute atomic E-state index is 0.492. The van der Waals surface area contributed by atoms with Gasteiger partial charge in [-0.3, -0.25) is 0 Å². The van der Waals surface area contributed by atoms with Gasteiger partial charge in [-0.15, -0.1) is 20.4 Å². The number of aromatic nitrogens is 12. The van der Waals surface area contributed by atoms with Gasteiger partial charge in [0.2, 0.25) is 11.6 Å². The van der Waals surface area contributed by atoms with Gasteiger partial charge in [0.05, 0.1) is 48.0 Å². The van der Waals surface area contributed by atoms with Crippen LogP contribution in [0, 0.1) is 13.8 Å². The first kappa shape index (κ1) is 35.2. The maximum Gasteiger partial charge on any atom is 0.209 e. The lowest BCUT2D eigenvalue weighted by Crippen LogP contribution is -2.04. The Labute approximate surface area is 321 Å². The number of hydrogen-bond donors (Lipinski definition) is 0. The van der Waals surface area contributed by atoms with Gasteiger partial charge >= 0.3 is 0 Å². The summed E-state index contributed by atoms with van der Waals surface area (Å²) in [5.74, 6) is 0.985. The zero-order valence-electron chi connectivity index (χ0n) is 30.4. The Kier molecular flexibility index (Phi) is 10.2. The van der Waals surface area contributed by atoms with Crippen molar-refractivity contribution in [2.75, 3.05) is 0 Å². The van der Waals surface area contributed by atoms with Gasteiger partial charge in [0.15, 0.2) is 0 Å². The molecule has 0 bridgehead atoms. The number of benzene rings is 4. The second-order valence-corrected chi connectivity index (χ2v) is 15.1. The lowest BCUT2D eigenvalue weighted by atomic mass is 10.1. The van der Waals surface area contributed by atoms with Crippen LogP contribution in [0.4, 0.5) is 0 Å². The smallest absolute Gasteiger partial charge is 0.209 e. The molecule has 4 heterocycles. The molecule has 0 atom stereocenters. The Morgan fingerprint density at radius 2 is 0.944 bits per heavy atom. The molecule has 8 rings (SSSR count). The molecule has 0 saturated carbocycles. The molecule has 0 spiro atoms. The Bertz CT molecular complexity index is 2340. The average Bonchev–Trinajstić information content (AvgIpc) is 4.01. The van der Waals surface area contributed by atoms with Crippen LogP contribution in [-0.2, 0) is 25.9 Å². The number of rotatable bonds is 13. The summed E-state index contributed by atoms with van der Waals surface area (Å²) in [6, 6.07) is 33.5. The van der Waals surface area contributed by atoms with E-state index in [0.29, 0.717) is 24.7 Å². The van der Waals surface area contributed by atoms with Crippen molar-refractivity contribution in [1.29, 1.82) is 0 Å². The first-order chi connectivity index (χ1) is 26.4. The van der Waals surface area contributed by atoms with Crippen molar-refractivity contribution in [2.24, 2.45) is 0 Å². The van der Waals surface area contributed by atoms with Crippen LogP contribution in [0.25, 0.3) is 34.2 Å². The third-order valence-corrected chi connectivity index (χ3v) is 11.4. The van der Waals surface area contributed by atoms with Crippen molar-refractivity contribution in [3.05, 3.63) is 143 Å². The van der Waals surface area contributed by atoms with Crippen LogP contribution in [0.15, 0.2) is 120 Å². The Morgan fingerprint density at radius 1 is 0.519 bits per heavy atom. The summed E-state index contributed by atoms with van der Waals surface area (Å²) < 4.78 is 3.86. The Balaban J connectivity index is 1.16. The molecule has 4 aromatic heterocycles. The molecule has 8 aromatic rings. The van der Waals surface area contributed by atoms with Crippen molar-refractivity contribution in [2.45, 2.75) is 63.7 Å². The average molecular weight is 751 g/mol. The predicted molar refractivity (Wildman–Crippen MR) is 212 cm³/mol. The van der Waals surface area contributed by atoms with E-state index in [2.05, 4.69) is 133 Å². The van der Waals surface area contributed by atoms with Crippen molar-refractivity contribution in [1.82, 2.24) is 60.0 Å². The van der Waals surface area contributed by atoms with Crippen LogP contribution in [-0.4, -0.2) is 60.0 Å². The second-order valence-electron chi connectivity index (χ2n) is 13.0. The molecule has 0 radical (unpaired) electrons.